The third kappa shape index (κ3) is 4.18. The molecule has 0 fully saturated rings. The van der Waals surface area contributed by atoms with Crippen LogP contribution in [0.3, 0.4) is 0 Å². The maximum atomic E-state index is 12.9. The molecule has 4 aromatic rings. The fraction of sp³-hybridized carbons (Fsp3) is 0.115. The summed E-state index contributed by atoms with van der Waals surface area (Å²) in [5.41, 5.74) is 4.75. The fourth-order valence-electron chi connectivity index (χ4n) is 3.89. The van der Waals surface area contributed by atoms with E-state index in [1.54, 1.807) is 12.1 Å². The van der Waals surface area contributed by atoms with Gasteiger partial charge in [0.15, 0.2) is 0 Å². The smallest absolute Gasteiger partial charge is 0.265 e. The molecule has 0 saturated heterocycles. The Bertz CT molecular complexity index is 1490. The number of hydrogen-bond donors (Lipinski definition) is 2. The molecule has 0 saturated carbocycles. The summed E-state index contributed by atoms with van der Waals surface area (Å²) in [6, 6.07) is 21.4. The number of hydrogen-bond acceptors (Lipinski definition) is 5. The number of ether oxygens (including phenoxy) is 1. The number of aryl methyl sites for hydroxylation is 2. The molecule has 5 rings (SSSR count). The Morgan fingerprint density at radius 2 is 1.65 bits per heavy atom. The number of anilines is 2. The Kier molecular flexibility index (Phi) is 5.63. The largest absolute Gasteiger partial charge is 0.488 e. The molecule has 0 aliphatic carbocycles. The summed E-state index contributed by atoms with van der Waals surface area (Å²) in [6.45, 7) is 4.14. The zero-order valence-electron chi connectivity index (χ0n) is 18.6. The van der Waals surface area contributed by atoms with Crippen molar-refractivity contribution in [2.24, 2.45) is 0 Å². The van der Waals surface area contributed by atoms with Crippen molar-refractivity contribution < 1.29 is 17.9 Å². The molecule has 0 unspecified atom stereocenters. The Labute approximate surface area is 202 Å². The summed E-state index contributed by atoms with van der Waals surface area (Å²) in [7, 11) is -3.76. The molecule has 0 atom stereocenters. The molecule has 6 nitrogen and oxygen atoms in total. The molecule has 172 valence electrons. The third-order valence-electron chi connectivity index (χ3n) is 5.69. The Morgan fingerprint density at radius 3 is 2.38 bits per heavy atom. The highest BCUT2D eigenvalue weighted by molar-refractivity contribution is 7.92. The molecule has 3 aromatic carbocycles. The van der Waals surface area contributed by atoms with Gasteiger partial charge in [0.25, 0.3) is 15.9 Å². The number of fused-ring (bicyclic) bond motifs is 3. The van der Waals surface area contributed by atoms with Gasteiger partial charge >= 0.3 is 0 Å². The van der Waals surface area contributed by atoms with Crippen LogP contribution < -0.4 is 14.8 Å². The second-order valence-corrected chi connectivity index (χ2v) is 10.8. The zero-order valence-corrected chi connectivity index (χ0v) is 20.2. The monoisotopic (exact) mass is 490 g/mol. The van der Waals surface area contributed by atoms with Crippen molar-refractivity contribution in [1.29, 1.82) is 0 Å². The van der Waals surface area contributed by atoms with Crippen LogP contribution in [-0.2, 0) is 16.6 Å². The van der Waals surface area contributed by atoms with Crippen molar-refractivity contribution in [3.05, 3.63) is 94.4 Å². The van der Waals surface area contributed by atoms with Crippen LogP contribution in [0.4, 0.5) is 11.4 Å². The zero-order chi connectivity index (χ0) is 23.9. The topological polar surface area (TPSA) is 84.5 Å². The first-order chi connectivity index (χ1) is 16.3. The second-order valence-electron chi connectivity index (χ2n) is 8.10. The molecule has 0 bridgehead atoms. The number of carbonyl (C=O) groups is 1. The average molecular weight is 491 g/mol. The van der Waals surface area contributed by atoms with E-state index in [9.17, 15) is 13.2 Å². The van der Waals surface area contributed by atoms with Crippen LogP contribution >= 0.6 is 11.3 Å². The lowest BCUT2D eigenvalue weighted by molar-refractivity contribution is 0.103. The van der Waals surface area contributed by atoms with E-state index in [1.165, 1.54) is 23.5 Å². The van der Waals surface area contributed by atoms with E-state index >= 15 is 0 Å². The number of nitrogens with one attached hydrogen (secondary N) is 2. The van der Waals surface area contributed by atoms with Crippen LogP contribution in [0.15, 0.2) is 77.7 Å². The summed E-state index contributed by atoms with van der Waals surface area (Å²) >= 11 is 1.42. The molecule has 2 heterocycles. The van der Waals surface area contributed by atoms with Gasteiger partial charge in [-0.05, 0) is 67.4 Å². The number of benzene rings is 3. The molecule has 1 aliphatic rings. The van der Waals surface area contributed by atoms with Crippen molar-refractivity contribution >= 4 is 38.6 Å². The van der Waals surface area contributed by atoms with Crippen LogP contribution in [0, 0.1) is 13.8 Å². The standard InChI is InChI=1S/C26H22N2O4S2/c1-16-6-5-7-17(2)24(16)28-34(30,31)20-12-10-19(11-13-20)27-26(29)23-14-18-15-32-22-9-4-3-8-21(22)25(18)33-23/h3-14,28H,15H2,1-2H3,(H,27,29). The van der Waals surface area contributed by atoms with Gasteiger partial charge in [-0.2, -0.15) is 0 Å². The highest BCUT2D eigenvalue weighted by Gasteiger charge is 2.23. The van der Waals surface area contributed by atoms with Gasteiger partial charge in [0.05, 0.1) is 15.5 Å². The minimum atomic E-state index is -3.76. The first-order valence-corrected chi connectivity index (χ1v) is 13.0. The average Bonchev–Trinajstić information content (AvgIpc) is 3.27. The normalized spacial score (nSPS) is 12.3. The van der Waals surface area contributed by atoms with Crippen LogP contribution in [0.2, 0.25) is 0 Å². The molecular formula is C26H22N2O4S2. The van der Waals surface area contributed by atoms with Gasteiger partial charge in [0.2, 0.25) is 0 Å². The quantitative estimate of drug-likeness (QED) is 0.361. The third-order valence-corrected chi connectivity index (χ3v) is 8.26. The van der Waals surface area contributed by atoms with Crippen LogP contribution in [0.5, 0.6) is 5.75 Å². The Hall–Kier alpha value is -3.62. The summed E-state index contributed by atoms with van der Waals surface area (Å²) in [5, 5.41) is 2.85. The van der Waals surface area contributed by atoms with Crippen LogP contribution in [0.25, 0.3) is 10.4 Å². The van der Waals surface area contributed by atoms with E-state index in [-0.39, 0.29) is 10.8 Å². The Balaban J connectivity index is 1.32. The van der Waals surface area contributed by atoms with Crippen molar-refractivity contribution in [3.63, 3.8) is 0 Å². The van der Waals surface area contributed by atoms with Crippen LogP contribution in [0.1, 0.15) is 26.4 Å². The maximum Gasteiger partial charge on any atom is 0.265 e. The maximum absolute atomic E-state index is 12.9. The number of amides is 1. The first kappa shape index (κ1) is 22.2. The van der Waals surface area contributed by atoms with Gasteiger partial charge < -0.3 is 10.1 Å². The van der Waals surface area contributed by atoms with Crippen molar-refractivity contribution in [2.75, 3.05) is 10.0 Å². The van der Waals surface area contributed by atoms with Crippen molar-refractivity contribution in [3.8, 4) is 16.2 Å². The van der Waals surface area contributed by atoms with Gasteiger partial charge in [0.1, 0.15) is 12.4 Å². The fourth-order valence-corrected chi connectivity index (χ4v) is 6.19. The first-order valence-electron chi connectivity index (χ1n) is 10.7. The van der Waals surface area contributed by atoms with E-state index in [0.29, 0.717) is 22.9 Å². The van der Waals surface area contributed by atoms with Crippen molar-refractivity contribution in [1.82, 2.24) is 0 Å². The highest BCUT2D eigenvalue weighted by Crippen LogP contribution is 2.42. The number of thiophene rings is 1. The minimum absolute atomic E-state index is 0.119. The summed E-state index contributed by atoms with van der Waals surface area (Å²) in [5.74, 6) is 0.566. The predicted molar refractivity (Wildman–Crippen MR) is 135 cm³/mol. The van der Waals surface area contributed by atoms with E-state index in [2.05, 4.69) is 10.0 Å². The van der Waals surface area contributed by atoms with Gasteiger partial charge in [-0.3, -0.25) is 9.52 Å². The molecule has 8 heteroatoms. The molecule has 1 aromatic heterocycles. The van der Waals surface area contributed by atoms with E-state index in [4.69, 9.17) is 4.74 Å². The molecule has 1 aliphatic heterocycles. The SMILES string of the molecule is Cc1cccc(C)c1NS(=O)(=O)c1ccc(NC(=O)c2cc3c(s2)-c2ccccc2OC3)cc1. The van der Waals surface area contributed by atoms with Gasteiger partial charge in [-0.25, -0.2) is 8.42 Å². The van der Waals surface area contributed by atoms with Gasteiger partial charge in [-0.15, -0.1) is 11.3 Å². The predicted octanol–water partition coefficient (Wildman–Crippen LogP) is 5.98. The summed E-state index contributed by atoms with van der Waals surface area (Å²) in [6.07, 6.45) is 0. The molecule has 2 N–H and O–H groups in total. The lowest BCUT2D eigenvalue weighted by Gasteiger charge is -2.16. The van der Waals surface area contributed by atoms with Crippen LogP contribution in [-0.4, -0.2) is 14.3 Å². The second kappa shape index (κ2) is 8.62. The molecule has 34 heavy (non-hydrogen) atoms. The number of rotatable bonds is 5. The Morgan fingerprint density at radius 1 is 0.941 bits per heavy atom. The minimum Gasteiger partial charge on any atom is -0.488 e. The van der Waals surface area contributed by atoms with Gasteiger partial charge in [-0.1, -0.05) is 30.3 Å². The molecule has 0 spiro atoms. The summed E-state index contributed by atoms with van der Waals surface area (Å²) in [4.78, 5) is 14.6. The lowest BCUT2D eigenvalue weighted by Crippen LogP contribution is -2.15. The molecule has 0 radical (unpaired) electrons. The summed E-state index contributed by atoms with van der Waals surface area (Å²) < 4.78 is 34.2. The van der Waals surface area contributed by atoms with Gasteiger partial charge in [0, 0.05) is 21.7 Å². The van der Waals surface area contributed by atoms with E-state index < -0.39 is 10.0 Å². The number of sulfonamides is 1. The van der Waals surface area contributed by atoms with Crippen molar-refractivity contribution in [2.45, 2.75) is 25.3 Å². The highest BCUT2D eigenvalue weighted by atomic mass is 32.2. The number of para-hydroxylation sites is 2. The number of carbonyl (C=O) groups excluding carboxylic acids is 1. The van der Waals surface area contributed by atoms with E-state index in [1.807, 2.05) is 62.4 Å². The van der Waals surface area contributed by atoms with E-state index in [0.717, 1.165) is 32.9 Å². The lowest BCUT2D eigenvalue weighted by atomic mass is 10.1. The molecular weight excluding hydrogens is 468 g/mol. The molecule has 1 amide bonds.